The molecule has 4 rings (SSSR count). The average Bonchev–Trinajstić information content (AvgIpc) is 2.79. The molecule has 0 fully saturated rings. The second-order valence-corrected chi connectivity index (χ2v) is 11.9. The highest BCUT2D eigenvalue weighted by Gasteiger charge is 2.59. The molecule has 0 heterocycles. The maximum Gasteiger partial charge on any atom is 0.255 e. The van der Waals surface area contributed by atoms with Crippen LogP contribution in [0.5, 0.6) is 11.5 Å². The summed E-state index contributed by atoms with van der Waals surface area (Å²) < 4.78 is 5.73. The van der Waals surface area contributed by atoms with E-state index in [1.165, 1.54) is 13.2 Å². The van der Waals surface area contributed by atoms with Crippen molar-refractivity contribution in [3.63, 3.8) is 0 Å². The first-order valence-electron chi connectivity index (χ1n) is 12.7. The molecule has 0 aromatic heterocycles. The Hall–Kier alpha value is -3.37. The molecule has 1 aromatic carbocycles. The van der Waals surface area contributed by atoms with Gasteiger partial charge < -0.3 is 35.8 Å². The van der Waals surface area contributed by atoms with Gasteiger partial charge in [-0.2, -0.15) is 0 Å². The zero-order valence-electron chi connectivity index (χ0n) is 22.4. The van der Waals surface area contributed by atoms with E-state index in [0.717, 1.165) is 13.0 Å². The lowest BCUT2D eigenvalue weighted by Gasteiger charge is -2.45. The molecule has 3 atom stereocenters. The lowest BCUT2D eigenvalue weighted by molar-refractivity contribution is -0.144. The molecular formula is C28H36N2O8. The topological polar surface area (TPSA) is 171 Å². The number of hydrogen-bond acceptors (Lipinski definition) is 9. The van der Waals surface area contributed by atoms with Gasteiger partial charge in [0.2, 0.25) is 5.78 Å². The van der Waals surface area contributed by atoms with Gasteiger partial charge >= 0.3 is 0 Å². The molecule has 206 valence electrons. The lowest BCUT2D eigenvalue weighted by Crippen LogP contribution is -2.57. The van der Waals surface area contributed by atoms with Crippen LogP contribution in [0.3, 0.4) is 0 Å². The largest absolute Gasteiger partial charge is 0.511 e. The van der Waals surface area contributed by atoms with Gasteiger partial charge in [0, 0.05) is 35.6 Å². The number of amides is 1. The number of benzene rings is 1. The van der Waals surface area contributed by atoms with Crippen LogP contribution in [0.4, 0.5) is 0 Å². The van der Waals surface area contributed by atoms with Crippen molar-refractivity contribution in [2.75, 3.05) is 20.7 Å². The van der Waals surface area contributed by atoms with Crippen LogP contribution in [0.15, 0.2) is 28.7 Å². The maximum absolute atomic E-state index is 13.7. The van der Waals surface area contributed by atoms with Crippen LogP contribution in [0.25, 0.3) is 0 Å². The van der Waals surface area contributed by atoms with Crippen LogP contribution >= 0.6 is 0 Å². The fourth-order valence-corrected chi connectivity index (χ4v) is 6.00. The van der Waals surface area contributed by atoms with Gasteiger partial charge in [-0.1, -0.05) is 20.8 Å². The second-order valence-electron chi connectivity index (χ2n) is 11.9. The van der Waals surface area contributed by atoms with Crippen LogP contribution in [-0.2, 0) is 22.6 Å². The average molecular weight is 529 g/mol. The Morgan fingerprint density at radius 1 is 1.21 bits per heavy atom. The summed E-state index contributed by atoms with van der Waals surface area (Å²) in [5.41, 5.74) is 2.96. The predicted octanol–water partition coefficient (Wildman–Crippen LogP) is 2.46. The SMILES string of the molecule is COc1c(CN(C)CCC(C)(C)C)cc(O)c2c1CC1C[C@H]3CC(O)=C(C(N)=O)C(=O)[C@@]3(O)C(O)=C1C2=O. The number of phenols is 1. The van der Waals surface area contributed by atoms with Gasteiger partial charge in [-0.15, -0.1) is 0 Å². The number of aliphatic hydroxyl groups is 3. The van der Waals surface area contributed by atoms with Crippen LogP contribution in [-0.4, -0.2) is 69.1 Å². The number of primary amides is 1. The molecule has 0 aliphatic heterocycles. The third kappa shape index (κ3) is 4.35. The van der Waals surface area contributed by atoms with E-state index >= 15 is 0 Å². The van der Waals surface area contributed by atoms with Crippen molar-refractivity contribution in [2.45, 2.75) is 58.6 Å². The van der Waals surface area contributed by atoms with E-state index in [1.54, 1.807) is 0 Å². The van der Waals surface area contributed by atoms with Crippen molar-refractivity contribution in [3.05, 3.63) is 45.4 Å². The predicted molar refractivity (Wildman–Crippen MR) is 138 cm³/mol. The summed E-state index contributed by atoms with van der Waals surface area (Å²) in [6.45, 7) is 7.76. The number of allylic oxidation sites excluding steroid dienone is 2. The first kappa shape index (κ1) is 27.7. The Kier molecular flexibility index (Phi) is 6.86. The zero-order valence-corrected chi connectivity index (χ0v) is 22.4. The summed E-state index contributed by atoms with van der Waals surface area (Å²) in [6, 6.07) is 1.47. The molecule has 0 spiro atoms. The van der Waals surface area contributed by atoms with Gasteiger partial charge in [0.25, 0.3) is 5.91 Å². The van der Waals surface area contributed by atoms with Crippen molar-refractivity contribution < 1.29 is 39.5 Å². The van der Waals surface area contributed by atoms with Crippen LogP contribution in [0, 0.1) is 17.3 Å². The monoisotopic (exact) mass is 528 g/mol. The van der Waals surface area contributed by atoms with E-state index in [2.05, 4.69) is 25.7 Å². The Morgan fingerprint density at radius 3 is 2.45 bits per heavy atom. The number of ketones is 2. The fourth-order valence-electron chi connectivity index (χ4n) is 6.00. The number of nitrogens with two attached hydrogens (primary N) is 1. The number of phenolic OH excluding ortho intramolecular Hbond substituents is 1. The quantitative estimate of drug-likeness (QED) is 0.348. The molecule has 0 radical (unpaired) electrons. The van der Waals surface area contributed by atoms with E-state index in [4.69, 9.17) is 10.5 Å². The molecule has 0 saturated carbocycles. The molecule has 10 nitrogen and oxygen atoms in total. The number of hydrogen-bond donors (Lipinski definition) is 5. The molecule has 10 heteroatoms. The van der Waals surface area contributed by atoms with E-state index in [-0.39, 0.29) is 41.6 Å². The van der Waals surface area contributed by atoms with Gasteiger partial charge in [-0.25, -0.2) is 0 Å². The van der Waals surface area contributed by atoms with Gasteiger partial charge in [-0.3, -0.25) is 14.4 Å². The van der Waals surface area contributed by atoms with Crippen molar-refractivity contribution in [2.24, 2.45) is 23.0 Å². The number of carbonyl (C=O) groups is 3. The van der Waals surface area contributed by atoms with E-state index in [1.807, 2.05) is 7.05 Å². The van der Waals surface area contributed by atoms with E-state index in [9.17, 15) is 34.8 Å². The Bertz CT molecular complexity index is 1290. The number of aromatic hydroxyl groups is 1. The summed E-state index contributed by atoms with van der Waals surface area (Å²) >= 11 is 0. The summed E-state index contributed by atoms with van der Waals surface area (Å²) in [5.74, 6) is -6.03. The minimum Gasteiger partial charge on any atom is -0.511 e. The summed E-state index contributed by atoms with van der Waals surface area (Å²) in [5, 5.41) is 43.7. The van der Waals surface area contributed by atoms with Gasteiger partial charge in [0.1, 0.15) is 28.6 Å². The van der Waals surface area contributed by atoms with Gasteiger partial charge in [-0.05, 0) is 50.3 Å². The van der Waals surface area contributed by atoms with Crippen LogP contribution in [0.2, 0.25) is 0 Å². The molecule has 38 heavy (non-hydrogen) atoms. The highest BCUT2D eigenvalue weighted by Crippen LogP contribution is 2.52. The van der Waals surface area contributed by atoms with Gasteiger partial charge in [0.15, 0.2) is 11.4 Å². The number of carbonyl (C=O) groups excluding carboxylic acids is 3. The van der Waals surface area contributed by atoms with Crippen molar-refractivity contribution in [3.8, 4) is 11.5 Å². The van der Waals surface area contributed by atoms with Gasteiger partial charge in [0.05, 0.1) is 12.7 Å². The molecule has 6 N–H and O–H groups in total. The third-order valence-electron chi connectivity index (χ3n) is 7.98. The van der Waals surface area contributed by atoms with E-state index in [0.29, 0.717) is 23.4 Å². The molecule has 3 aliphatic carbocycles. The molecule has 1 amide bonds. The first-order valence-corrected chi connectivity index (χ1v) is 12.7. The van der Waals surface area contributed by atoms with Crippen LogP contribution in [0.1, 0.15) is 61.5 Å². The molecular weight excluding hydrogens is 492 g/mol. The smallest absolute Gasteiger partial charge is 0.255 e. The normalized spacial score (nSPS) is 25.3. The molecule has 3 aliphatic rings. The fraction of sp³-hybridized carbons (Fsp3) is 0.536. The number of nitrogens with zero attached hydrogens (tertiary/aromatic N) is 1. The number of methoxy groups -OCH3 is 1. The minimum atomic E-state index is -2.58. The highest BCUT2D eigenvalue weighted by atomic mass is 16.5. The first-order chi connectivity index (χ1) is 17.6. The zero-order chi connectivity index (χ0) is 28.3. The number of Topliss-reactive ketones (excluding diaryl/α,β-unsaturated/α-hetero) is 2. The Morgan fingerprint density at radius 2 is 1.87 bits per heavy atom. The summed E-state index contributed by atoms with van der Waals surface area (Å²) in [4.78, 5) is 40.6. The molecule has 1 unspecified atom stereocenters. The summed E-state index contributed by atoms with van der Waals surface area (Å²) in [7, 11) is 3.46. The number of rotatable bonds is 6. The van der Waals surface area contributed by atoms with E-state index < -0.39 is 52.0 Å². The number of aliphatic hydroxyl groups excluding tert-OH is 2. The molecule has 0 saturated heterocycles. The lowest BCUT2D eigenvalue weighted by atomic mass is 9.60. The number of ether oxygens (including phenoxy) is 1. The second kappa shape index (κ2) is 9.43. The highest BCUT2D eigenvalue weighted by molar-refractivity contribution is 6.24. The molecule has 1 aromatic rings. The van der Waals surface area contributed by atoms with Crippen molar-refractivity contribution >= 4 is 17.5 Å². The number of fused-ring (bicyclic) bond motifs is 3. The Balaban J connectivity index is 1.77. The third-order valence-corrected chi connectivity index (χ3v) is 7.98. The Labute approximate surface area is 221 Å². The summed E-state index contributed by atoms with van der Waals surface area (Å²) in [6.07, 6.45) is 0.960. The standard InChI is InChI=1S/C28H36N2O8/c1-27(2,3)6-7-30(4)12-14-10-17(31)20-16(23(14)38-5)9-13-8-15-11-18(32)21(26(29)36)25(35)28(15,37)24(34)19(13)22(20)33/h10,13,15,31-32,34,37H,6-9,11-12H2,1-5H3,(H2,29,36)/t13?,15-,28-/m0/s1. The minimum absolute atomic E-state index is 0.0560. The molecule has 0 bridgehead atoms. The maximum atomic E-state index is 13.7. The van der Waals surface area contributed by atoms with Crippen molar-refractivity contribution in [1.82, 2.24) is 4.90 Å². The van der Waals surface area contributed by atoms with Crippen molar-refractivity contribution in [1.29, 1.82) is 0 Å². The van der Waals surface area contributed by atoms with Crippen LogP contribution < -0.4 is 10.5 Å².